The Morgan fingerprint density at radius 3 is 2.56 bits per heavy atom. The van der Waals surface area contributed by atoms with Gasteiger partial charge >= 0.3 is 0 Å². The van der Waals surface area contributed by atoms with E-state index in [2.05, 4.69) is 28.1 Å². The number of hydrogen-bond donors (Lipinski definition) is 0. The van der Waals surface area contributed by atoms with Crippen LogP contribution in [0.15, 0.2) is 42.5 Å². The number of rotatable bonds is 6. The van der Waals surface area contributed by atoms with Crippen molar-refractivity contribution in [3.05, 3.63) is 48.0 Å². The number of ketones is 1. The van der Waals surface area contributed by atoms with Gasteiger partial charge in [0.05, 0.1) is 0 Å². The highest BCUT2D eigenvalue weighted by molar-refractivity contribution is 9.09. The molecule has 0 bridgehead atoms. The molecule has 0 atom stereocenters. The molecule has 0 aliphatic rings. The molecule has 94 valence electrons. The Hall–Kier alpha value is -1.15. The van der Waals surface area contributed by atoms with Gasteiger partial charge in [0, 0.05) is 17.3 Å². The van der Waals surface area contributed by atoms with E-state index in [1.807, 2.05) is 30.3 Å². The van der Waals surface area contributed by atoms with Crippen LogP contribution < -0.4 is 0 Å². The molecule has 0 saturated heterocycles. The zero-order valence-corrected chi connectivity index (χ0v) is 11.9. The Bertz CT molecular complexity index is 528. The zero-order chi connectivity index (χ0) is 12.8. The molecule has 2 heteroatoms. The molecule has 1 nitrogen and oxygen atoms in total. The van der Waals surface area contributed by atoms with Crippen LogP contribution in [0, 0.1) is 0 Å². The van der Waals surface area contributed by atoms with Gasteiger partial charge in [-0.3, -0.25) is 4.79 Å². The number of carbonyl (C=O) groups is 1. The number of alkyl halides is 1. The lowest BCUT2D eigenvalue weighted by molar-refractivity contribution is 0.0981. The Morgan fingerprint density at radius 2 is 1.72 bits per heavy atom. The Kier molecular flexibility index (Phi) is 4.94. The fraction of sp³-hybridized carbons (Fsp3) is 0.312. The molecule has 2 rings (SSSR count). The first-order valence-electron chi connectivity index (χ1n) is 6.40. The minimum Gasteiger partial charge on any atom is -0.294 e. The fourth-order valence-corrected chi connectivity index (χ4v) is 2.56. The van der Waals surface area contributed by atoms with E-state index in [4.69, 9.17) is 0 Å². The third-order valence-corrected chi connectivity index (χ3v) is 3.69. The van der Waals surface area contributed by atoms with Crippen molar-refractivity contribution in [1.29, 1.82) is 0 Å². The van der Waals surface area contributed by atoms with E-state index >= 15 is 0 Å². The number of fused-ring (bicyclic) bond motifs is 1. The van der Waals surface area contributed by atoms with Crippen LogP contribution in [-0.2, 0) is 0 Å². The van der Waals surface area contributed by atoms with Crippen LogP contribution in [0.2, 0.25) is 0 Å². The molecule has 2 aromatic rings. The molecule has 2 aromatic carbocycles. The molecule has 0 aromatic heterocycles. The van der Waals surface area contributed by atoms with Gasteiger partial charge in [-0.1, -0.05) is 64.8 Å². The van der Waals surface area contributed by atoms with Gasteiger partial charge in [-0.05, 0) is 23.6 Å². The van der Waals surface area contributed by atoms with E-state index in [1.54, 1.807) is 0 Å². The molecule has 0 spiro atoms. The first kappa shape index (κ1) is 13.3. The van der Waals surface area contributed by atoms with Crippen molar-refractivity contribution in [2.24, 2.45) is 0 Å². The van der Waals surface area contributed by atoms with E-state index < -0.39 is 0 Å². The van der Waals surface area contributed by atoms with Gasteiger partial charge in [0.25, 0.3) is 0 Å². The molecule has 18 heavy (non-hydrogen) atoms. The normalized spacial score (nSPS) is 10.7. The maximum Gasteiger partial charge on any atom is 0.163 e. The molecule has 0 N–H and O–H groups in total. The van der Waals surface area contributed by atoms with Crippen LogP contribution in [0.3, 0.4) is 0 Å². The maximum atomic E-state index is 12.2. The van der Waals surface area contributed by atoms with Gasteiger partial charge in [0.2, 0.25) is 0 Å². The summed E-state index contributed by atoms with van der Waals surface area (Å²) in [6.45, 7) is 0. The van der Waals surface area contributed by atoms with Crippen LogP contribution in [-0.4, -0.2) is 11.1 Å². The van der Waals surface area contributed by atoms with Crippen molar-refractivity contribution in [3.8, 4) is 0 Å². The summed E-state index contributed by atoms with van der Waals surface area (Å²) in [5, 5.41) is 3.24. The molecule has 0 saturated carbocycles. The lowest BCUT2D eigenvalue weighted by Crippen LogP contribution is -2.00. The van der Waals surface area contributed by atoms with Crippen molar-refractivity contribution in [3.63, 3.8) is 0 Å². The highest BCUT2D eigenvalue weighted by Crippen LogP contribution is 2.20. The molecule has 0 radical (unpaired) electrons. The molecular formula is C16H17BrO. The second-order valence-electron chi connectivity index (χ2n) is 4.45. The topological polar surface area (TPSA) is 17.1 Å². The van der Waals surface area contributed by atoms with E-state index in [9.17, 15) is 4.79 Å². The summed E-state index contributed by atoms with van der Waals surface area (Å²) in [5.74, 6) is 0.265. The van der Waals surface area contributed by atoms with Crippen molar-refractivity contribution in [2.45, 2.75) is 25.7 Å². The molecule has 0 fully saturated rings. The number of Topliss-reactive ketones (excluding diaryl/α,β-unsaturated/α-hetero) is 1. The monoisotopic (exact) mass is 304 g/mol. The first-order valence-corrected chi connectivity index (χ1v) is 7.52. The predicted molar refractivity (Wildman–Crippen MR) is 80.5 cm³/mol. The Morgan fingerprint density at radius 1 is 0.944 bits per heavy atom. The van der Waals surface area contributed by atoms with Crippen molar-refractivity contribution in [1.82, 2.24) is 0 Å². The maximum absolute atomic E-state index is 12.2. The molecular weight excluding hydrogens is 288 g/mol. The van der Waals surface area contributed by atoms with Crippen LogP contribution >= 0.6 is 15.9 Å². The van der Waals surface area contributed by atoms with E-state index in [0.717, 1.165) is 40.9 Å². The third-order valence-electron chi connectivity index (χ3n) is 3.13. The third kappa shape index (κ3) is 3.20. The van der Waals surface area contributed by atoms with Crippen LogP contribution in [0.4, 0.5) is 0 Å². The SMILES string of the molecule is O=C(CCCCCBr)c1cccc2ccccc12. The number of halogens is 1. The van der Waals surface area contributed by atoms with E-state index in [0.29, 0.717) is 6.42 Å². The summed E-state index contributed by atoms with van der Waals surface area (Å²) in [6, 6.07) is 14.0. The summed E-state index contributed by atoms with van der Waals surface area (Å²) >= 11 is 3.41. The van der Waals surface area contributed by atoms with Crippen molar-refractivity contribution < 1.29 is 4.79 Å². The minimum absolute atomic E-state index is 0.265. The predicted octanol–water partition coefficient (Wildman–Crippen LogP) is 4.98. The standard InChI is InChI=1S/C16H17BrO/c17-12-5-1-2-11-16(18)15-10-6-8-13-7-3-4-9-14(13)15/h3-4,6-10H,1-2,5,11-12H2. The average molecular weight is 305 g/mol. The van der Waals surface area contributed by atoms with Gasteiger partial charge < -0.3 is 0 Å². The number of benzene rings is 2. The van der Waals surface area contributed by atoms with E-state index in [1.165, 1.54) is 0 Å². The smallest absolute Gasteiger partial charge is 0.163 e. The fourth-order valence-electron chi connectivity index (χ4n) is 2.16. The van der Waals surface area contributed by atoms with Gasteiger partial charge in [0.1, 0.15) is 0 Å². The van der Waals surface area contributed by atoms with Gasteiger partial charge in [-0.2, -0.15) is 0 Å². The largest absolute Gasteiger partial charge is 0.294 e. The molecule has 0 aliphatic heterocycles. The summed E-state index contributed by atoms with van der Waals surface area (Å²) in [6.07, 6.45) is 3.89. The highest BCUT2D eigenvalue weighted by atomic mass is 79.9. The summed E-state index contributed by atoms with van der Waals surface area (Å²) in [5.41, 5.74) is 0.868. The van der Waals surface area contributed by atoms with Crippen molar-refractivity contribution >= 4 is 32.5 Å². The minimum atomic E-state index is 0.265. The van der Waals surface area contributed by atoms with Crippen LogP contribution in [0.5, 0.6) is 0 Å². The number of carbonyl (C=O) groups excluding carboxylic acids is 1. The summed E-state index contributed by atoms with van der Waals surface area (Å²) in [4.78, 5) is 12.2. The second-order valence-corrected chi connectivity index (χ2v) is 5.24. The lowest BCUT2D eigenvalue weighted by atomic mass is 9.98. The number of unbranched alkanes of at least 4 members (excludes halogenated alkanes) is 2. The molecule has 0 amide bonds. The van der Waals surface area contributed by atoms with Crippen LogP contribution in [0.25, 0.3) is 10.8 Å². The summed E-state index contributed by atoms with van der Waals surface area (Å²) in [7, 11) is 0. The lowest BCUT2D eigenvalue weighted by Gasteiger charge is -2.05. The highest BCUT2D eigenvalue weighted by Gasteiger charge is 2.08. The van der Waals surface area contributed by atoms with Crippen LogP contribution in [0.1, 0.15) is 36.0 Å². The Labute approximate surface area is 116 Å². The second kappa shape index (κ2) is 6.69. The molecule has 0 heterocycles. The zero-order valence-electron chi connectivity index (χ0n) is 10.4. The quantitative estimate of drug-likeness (QED) is 0.418. The first-order chi connectivity index (χ1) is 8.83. The Balaban J connectivity index is 2.13. The van der Waals surface area contributed by atoms with Gasteiger partial charge in [0.15, 0.2) is 5.78 Å². The number of hydrogen-bond acceptors (Lipinski definition) is 1. The molecule has 0 aliphatic carbocycles. The average Bonchev–Trinajstić information content (AvgIpc) is 2.43. The van der Waals surface area contributed by atoms with Gasteiger partial charge in [-0.25, -0.2) is 0 Å². The van der Waals surface area contributed by atoms with Crippen molar-refractivity contribution in [2.75, 3.05) is 5.33 Å². The molecule has 0 unspecified atom stereocenters. The van der Waals surface area contributed by atoms with Gasteiger partial charge in [-0.15, -0.1) is 0 Å². The van der Waals surface area contributed by atoms with E-state index in [-0.39, 0.29) is 5.78 Å². The summed E-state index contributed by atoms with van der Waals surface area (Å²) < 4.78 is 0.